The third-order valence-electron chi connectivity index (χ3n) is 3.29. The molecule has 19 heavy (non-hydrogen) atoms. The van der Waals surface area contributed by atoms with E-state index in [-0.39, 0.29) is 5.91 Å². The number of benzene rings is 1. The van der Waals surface area contributed by atoms with Gasteiger partial charge in [-0.1, -0.05) is 19.1 Å². The number of hydrogen-bond donors (Lipinski definition) is 2. The lowest BCUT2D eigenvalue weighted by molar-refractivity contribution is 0.0935. The molecule has 1 saturated heterocycles. The monoisotopic (exact) mass is 278 g/mol. The Morgan fingerprint density at radius 3 is 2.79 bits per heavy atom. The number of nitrogens with one attached hydrogen (secondary N) is 2. The Morgan fingerprint density at radius 2 is 2.05 bits per heavy atom. The predicted octanol–water partition coefficient (Wildman–Crippen LogP) is 3.13. The second kappa shape index (κ2) is 7.43. The van der Waals surface area contributed by atoms with Gasteiger partial charge in [0.2, 0.25) is 0 Å². The molecule has 1 aliphatic rings. The van der Waals surface area contributed by atoms with Crippen molar-refractivity contribution in [2.45, 2.75) is 32.2 Å². The van der Waals surface area contributed by atoms with Crippen LogP contribution in [0.25, 0.3) is 0 Å². The summed E-state index contributed by atoms with van der Waals surface area (Å²) >= 11 is 1.97. The van der Waals surface area contributed by atoms with E-state index < -0.39 is 0 Å². The minimum Gasteiger partial charge on any atom is -0.384 e. The van der Waals surface area contributed by atoms with Gasteiger partial charge < -0.3 is 10.6 Å². The first-order valence-corrected chi connectivity index (χ1v) is 8.18. The van der Waals surface area contributed by atoms with Gasteiger partial charge in [-0.2, -0.15) is 11.8 Å². The molecule has 0 unspecified atom stereocenters. The number of rotatable bonds is 5. The summed E-state index contributed by atoms with van der Waals surface area (Å²) in [7, 11) is 0. The Morgan fingerprint density at radius 1 is 1.32 bits per heavy atom. The molecule has 0 radical (unpaired) electrons. The summed E-state index contributed by atoms with van der Waals surface area (Å²) in [5, 5.41) is 6.48. The highest BCUT2D eigenvalue weighted by Gasteiger charge is 2.18. The highest BCUT2D eigenvalue weighted by Crippen LogP contribution is 2.19. The van der Waals surface area contributed by atoms with E-state index >= 15 is 0 Å². The molecule has 1 heterocycles. The van der Waals surface area contributed by atoms with Crippen molar-refractivity contribution in [3.8, 4) is 0 Å². The van der Waals surface area contributed by atoms with Crippen molar-refractivity contribution in [1.82, 2.24) is 5.32 Å². The van der Waals surface area contributed by atoms with E-state index in [1.807, 2.05) is 36.0 Å². The van der Waals surface area contributed by atoms with Crippen LogP contribution < -0.4 is 10.6 Å². The zero-order valence-electron chi connectivity index (χ0n) is 11.4. The lowest BCUT2D eigenvalue weighted by atomic mass is 10.1. The topological polar surface area (TPSA) is 41.1 Å². The first-order chi connectivity index (χ1) is 9.31. The van der Waals surface area contributed by atoms with Crippen molar-refractivity contribution in [2.75, 3.05) is 23.4 Å². The van der Waals surface area contributed by atoms with Gasteiger partial charge in [0.25, 0.3) is 5.91 Å². The van der Waals surface area contributed by atoms with Gasteiger partial charge in [0.15, 0.2) is 0 Å². The van der Waals surface area contributed by atoms with Gasteiger partial charge >= 0.3 is 0 Å². The van der Waals surface area contributed by atoms with E-state index in [9.17, 15) is 4.79 Å². The van der Waals surface area contributed by atoms with Gasteiger partial charge in [-0.15, -0.1) is 0 Å². The maximum atomic E-state index is 12.3. The molecule has 0 atom stereocenters. The maximum Gasteiger partial charge on any atom is 0.253 e. The summed E-state index contributed by atoms with van der Waals surface area (Å²) in [6, 6.07) is 8.09. The van der Waals surface area contributed by atoms with Gasteiger partial charge in [-0.25, -0.2) is 0 Å². The summed E-state index contributed by atoms with van der Waals surface area (Å²) in [5.74, 6) is 2.36. The van der Waals surface area contributed by atoms with Crippen molar-refractivity contribution in [3.63, 3.8) is 0 Å². The van der Waals surface area contributed by atoms with Crippen LogP contribution in [-0.2, 0) is 0 Å². The van der Waals surface area contributed by atoms with Crippen LogP contribution in [0.2, 0.25) is 0 Å². The van der Waals surface area contributed by atoms with Crippen LogP contribution in [0.15, 0.2) is 24.3 Å². The van der Waals surface area contributed by atoms with Crippen LogP contribution >= 0.6 is 11.8 Å². The number of para-hydroxylation sites is 1. The first kappa shape index (κ1) is 14.3. The standard InChI is InChI=1S/C15H22N2OS/c1-2-9-16-14-6-4-3-5-13(14)15(18)17-12-7-10-19-11-8-12/h3-6,12,16H,2,7-11H2,1H3,(H,17,18). The third-order valence-corrected chi connectivity index (χ3v) is 4.34. The van der Waals surface area contributed by atoms with Crippen molar-refractivity contribution in [2.24, 2.45) is 0 Å². The SMILES string of the molecule is CCCNc1ccccc1C(=O)NC1CCSCC1. The summed E-state index contributed by atoms with van der Waals surface area (Å²) < 4.78 is 0. The molecule has 0 saturated carbocycles. The minimum absolute atomic E-state index is 0.0519. The van der Waals surface area contributed by atoms with Crippen LogP contribution in [0, 0.1) is 0 Å². The molecule has 1 aliphatic heterocycles. The smallest absolute Gasteiger partial charge is 0.253 e. The Balaban J connectivity index is 2.00. The summed E-state index contributed by atoms with van der Waals surface area (Å²) in [5.41, 5.74) is 1.70. The Labute approximate surface area is 119 Å². The fourth-order valence-electron chi connectivity index (χ4n) is 2.20. The molecule has 0 aliphatic carbocycles. The number of anilines is 1. The molecule has 2 N–H and O–H groups in total. The average Bonchev–Trinajstić information content (AvgIpc) is 2.46. The van der Waals surface area contributed by atoms with Crippen LogP contribution in [-0.4, -0.2) is 30.0 Å². The molecule has 0 spiro atoms. The zero-order chi connectivity index (χ0) is 13.5. The number of thioether (sulfide) groups is 1. The van der Waals surface area contributed by atoms with E-state index in [0.717, 1.165) is 48.6 Å². The summed E-state index contributed by atoms with van der Waals surface area (Å²) in [4.78, 5) is 12.3. The molecule has 104 valence electrons. The molecule has 1 fully saturated rings. The molecule has 1 amide bonds. The largest absolute Gasteiger partial charge is 0.384 e. The number of carbonyl (C=O) groups excluding carboxylic acids is 1. The molecular formula is C15H22N2OS. The van der Waals surface area contributed by atoms with Crippen molar-refractivity contribution >= 4 is 23.4 Å². The first-order valence-electron chi connectivity index (χ1n) is 7.02. The molecule has 0 bridgehead atoms. The van der Waals surface area contributed by atoms with E-state index in [1.54, 1.807) is 0 Å². The van der Waals surface area contributed by atoms with E-state index in [0.29, 0.717) is 6.04 Å². The van der Waals surface area contributed by atoms with Crippen molar-refractivity contribution in [1.29, 1.82) is 0 Å². The van der Waals surface area contributed by atoms with Gasteiger partial charge in [0.05, 0.1) is 5.56 Å². The number of amides is 1. The fraction of sp³-hybridized carbons (Fsp3) is 0.533. The Hall–Kier alpha value is -1.16. The highest BCUT2D eigenvalue weighted by atomic mass is 32.2. The van der Waals surface area contributed by atoms with Crippen LogP contribution in [0.3, 0.4) is 0 Å². The lowest BCUT2D eigenvalue weighted by Crippen LogP contribution is -2.37. The number of carbonyl (C=O) groups is 1. The summed E-state index contributed by atoms with van der Waals surface area (Å²) in [6.45, 7) is 3.01. The average molecular weight is 278 g/mol. The molecule has 0 aromatic heterocycles. The van der Waals surface area contributed by atoms with Crippen molar-refractivity contribution < 1.29 is 4.79 Å². The second-order valence-electron chi connectivity index (χ2n) is 4.83. The van der Waals surface area contributed by atoms with Gasteiger partial charge in [-0.05, 0) is 42.9 Å². The molecule has 1 aromatic rings. The third kappa shape index (κ3) is 4.16. The second-order valence-corrected chi connectivity index (χ2v) is 6.06. The normalized spacial score (nSPS) is 16.1. The van der Waals surface area contributed by atoms with Gasteiger partial charge in [0, 0.05) is 18.3 Å². The van der Waals surface area contributed by atoms with Gasteiger partial charge in [0.1, 0.15) is 0 Å². The quantitative estimate of drug-likeness (QED) is 0.869. The van der Waals surface area contributed by atoms with E-state index in [1.165, 1.54) is 0 Å². The van der Waals surface area contributed by atoms with E-state index in [2.05, 4.69) is 17.6 Å². The highest BCUT2D eigenvalue weighted by molar-refractivity contribution is 7.99. The van der Waals surface area contributed by atoms with Gasteiger partial charge in [-0.3, -0.25) is 4.79 Å². The zero-order valence-corrected chi connectivity index (χ0v) is 12.3. The maximum absolute atomic E-state index is 12.3. The van der Waals surface area contributed by atoms with Crippen LogP contribution in [0.4, 0.5) is 5.69 Å². The minimum atomic E-state index is 0.0519. The predicted molar refractivity (Wildman–Crippen MR) is 83.0 cm³/mol. The molecular weight excluding hydrogens is 256 g/mol. The molecule has 2 rings (SSSR count). The molecule has 4 heteroatoms. The van der Waals surface area contributed by atoms with Crippen LogP contribution in [0.1, 0.15) is 36.5 Å². The van der Waals surface area contributed by atoms with Crippen molar-refractivity contribution in [3.05, 3.63) is 29.8 Å². The number of hydrogen-bond acceptors (Lipinski definition) is 3. The molecule has 3 nitrogen and oxygen atoms in total. The Bertz CT molecular complexity index is 416. The summed E-state index contributed by atoms with van der Waals surface area (Å²) in [6.07, 6.45) is 3.22. The fourth-order valence-corrected chi connectivity index (χ4v) is 3.31. The van der Waals surface area contributed by atoms with Crippen LogP contribution in [0.5, 0.6) is 0 Å². The lowest BCUT2D eigenvalue weighted by Gasteiger charge is -2.23. The Kier molecular flexibility index (Phi) is 5.58. The molecule has 1 aromatic carbocycles. The van der Waals surface area contributed by atoms with E-state index in [4.69, 9.17) is 0 Å².